The van der Waals surface area contributed by atoms with Crippen LogP contribution in [0.4, 0.5) is 18.9 Å². The van der Waals surface area contributed by atoms with Gasteiger partial charge in [-0.15, -0.1) is 0 Å². The van der Waals surface area contributed by atoms with Crippen molar-refractivity contribution in [2.24, 2.45) is 0 Å². The van der Waals surface area contributed by atoms with Crippen molar-refractivity contribution in [3.63, 3.8) is 0 Å². The number of alkyl halides is 3. The number of ether oxygens (including phenoxy) is 1. The van der Waals surface area contributed by atoms with Gasteiger partial charge in [-0.1, -0.05) is 11.6 Å². The minimum absolute atomic E-state index is 0.0200. The van der Waals surface area contributed by atoms with Crippen LogP contribution in [0.15, 0.2) is 24.3 Å². The lowest BCUT2D eigenvalue weighted by Crippen LogP contribution is -2.42. The summed E-state index contributed by atoms with van der Waals surface area (Å²) in [6.07, 6.45) is -1.50. The number of carbonyl (C=O) groups excluding carboxylic acids is 2. The van der Waals surface area contributed by atoms with E-state index in [0.717, 1.165) is 6.07 Å². The molecule has 2 aliphatic rings. The summed E-state index contributed by atoms with van der Waals surface area (Å²) in [4.78, 5) is 30.0. The molecule has 0 unspecified atom stereocenters. The first-order valence-electron chi connectivity index (χ1n) is 11.8. The van der Waals surface area contributed by atoms with Gasteiger partial charge in [-0.3, -0.25) is 9.59 Å². The van der Waals surface area contributed by atoms with Crippen LogP contribution in [-0.4, -0.2) is 60.1 Å². The molecular formula is C24H28ClF3N4O3. The van der Waals surface area contributed by atoms with Gasteiger partial charge in [0.05, 0.1) is 18.7 Å². The molecule has 0 bridgehead atoms. The zero-order chi connectivity index (χ0) is 25.0. The summed E-state index contributed by atoms with van der Waals surface area (Å²) in [5.74, 6) is -0.202. The number of aromatic nitrogens is 1. The number of benzene rings is 1. The minimum atomic E-state index is -4.56. The maximum absolute atomic E-state index is 13.4. The molecule has 1 saturated carbocycles. The summed E-state index contributed by atoms with van der Waals surface area (Å²) in [6.45, 7) is 2.16. The Morgan fingerprint density at radius 3 is 2.43 bits per heavy atom. The Morgan fingerprint density at radius 2 is 1.74 bits per heavy atom. The highest BCUT2D eigenvalue weighted by molar-refractivity contribution is 6.31. The van der Waals surface area contributed by atoms with Gasteiger partial charge in [0.1, 0.15) is 5.69 Å². The fraction of sp³-hybridized carbons (Fsp3) is 0.542. The summed E-state index contributed by atoms with van der Waals surface area (Å²) in [7, 11) is 0. The Kier molecular flexibility index (Phi) is 8.01. The average Bonchev–Trinajstić information content (AvgIpc) is 2.84. The van der Waals surface area contributed by atoms with E-state index in [9.17, 15) is 22.8 Å². The molecule has 35 heavy (non-hydrogen) atoms. The lowest BCUT2D eigenvalue weighted by molar-refractivity contribution is -0.141. The smallest absolute Gasteiger partial charge is 0.382 e. The summed E-state index contributed by atoms with van der Waals surface area (Å²) < 4.78 is 45.3. The van der Waals surface area contributed by atoms with E-state index in [1.807, 2.05) is 0 Å². The highest BCUT2D eigenvalue weighted by Crippen LogP contribution is 2.35. The van der Waals surface area contributed by atoms with Crippen LogP contribution < -0.4 is 10.6 Å². The monoisotopic (exact) mass is 512 g/mol. The van der Waals surface area contributed by atoms with Gasteiger partial charge in [0.2, 0.25) is 11.8 Å². The van der Waals surface area contributed by atoms with Gasteiger partial charge < -0.3 is 20.3 Å². The molecule has 1 aromatic heterocycles. The van der Waals surface area contributed by atoms with Crippen LogP contribution in [-0.2, 0) is 20.5 Å². The topological polar surface area (TPSA) is 83.6 Å². The molecule has 7 nitrogen and oxygen atoms in total. The second kappa shape index (κ2) is 11.0. The molecule has 11 heteroatoms. The molecule has 0 atom stereocenters. The van der Waals surface area contributed by atoms with Crippen molar-refractivity contribution >= 4 is 40.0 Å². The first-order chi connectivity index (χ1) is 16.7. The Bertz CT molecular complexity index is 1070. The number of pyridine rings is 1. The lowest BCUT2D eigenvalue weighted by Gasteiger charge is -2.31. The number of nitrogens with one attached hydrogen (secondary N) is 2. The summed E-state index contributed by atoms with van der Waals surface area (Å²) in [5.41, 5.74) is -0.388. The molecule has 1 aliphatic carbocycles. The first kappa shape index (κ1) is 25.5. The third-order valence-corrected chi connectivity index (χ3v) is 6.68. The predicted molar refractivity (Wildman–Crippen MR) is 126 cm³/mol. The van der Waals surface area contributed by atoms with Gasteiger partial charge in [0, 0.05) is 54.1 Å². The number of morpholine rings is 1. The molecular weight excluding hydrogens is 485 g/mol. The first-order valence-corrected chi connectivity index (χ1v) is 12.2. The lowest BCUT2D eigenvalue weighted by atomic mass is 9.90. The fourth-order valence-electron chi connectivity index (χ4n) is 4.56. The van der Waals surface area contributed by atoms with Crippen molar-refractivity contribution < 1.29 is 27.5 Å². The van der Waals surface area contributed by atoms with Gasteiger partial charge in [-0.25, -0.2) is 4.98 Å². The van der Waals surface area contributed by atoms with Crippen molar-refractivity contribution in [2.75, 3.05) is 31.6 Å². The van der Waals surface area contributed by atoms with Crippen LogP contribution in [0.3, 0.4) is 0 Å². The second-order valence-electron chi connectivity index (χ2n) is 8.97. The average molecular weight is 513 g/mol. The van der Waals surface area contributed by atoms with Crippen molar-refractivity contribution in [3.05, 3.63) is 35.0 Å². The largest absolute Gasteiger partial charge is 0.433 e. The third-order valence-electron chi connectivity index (χ3n) is 6.44. The van der Waals surface area contributed by atoms with E-state index in [0.29, 0.717) is 68.1 Å². The SMILES string of the molecule is O=C(CCC(=O)N1CCOCC1)N[C@H]1CC[C@@H](Nc2cc(C(F)(F)F)nc3ccc(Cl)cc23)CC1. The summed E-state index contributed by atoms with van der Waals surface area (Å²) in [6, 6.07) is 5.57. The zero-order valence-corrected chi connectivity index (χ0v) is 19.9. The number of amides is 2. The van der Waals surface area contributed by atoms with Crippen LogP contribution >= 0.6 is 11.6 Å². The normalized spacial score (nSPS) is 21.1. The Balaban J connectivity index is 1.30. The Morgan fingerprint density at radius 1 is 1.06 bits per heavy atom. The maximum atomic E-state index is 13.4. The molecule has 1 saturated heterocycles. The molecule has 2 heterocycles. The van der Waals surface area contributed by atoms with Gasteiger partial charge in [0.25, 0.3) is 0 Å². The van der Waals surface area contributed by atoms with Crippen LogP contribution in [0.25, 0.3) is 10.9 Å². The van der Waals surface area contributed by atoms with E-state index in [1.54, 1.807) is 11.0 Å². The minimum Gasteiger partial charge on any atom is -0.382 e. The zero-order valence-electron chi connectivity index (χ0n) is 19.2. The van der Waals surface area contributed by atoms with E-state index in [4.69, 9.17) is 16.3 Å². The van der Waals surface area contributed by atoms with E-state index < -0.39 is 11.9 Å². The highest BCUT2D eigenvalue weighted by Gasteiger charge is 2.34. The van der Waals surface area contributed by atoms with Crippen molar-refractivity contribution in [3.8, 4) is 0 Å². The molecule has 0 spiro atoms. The quantitative estimate of drug-likeness (QED) is 0.600. The van der Waals surface area contributed by atoms with Crippen LogP contribution in [0.1, 0.15) is 44.2 Å². The van der Waals surface area contributed by atoms with Gasteiger partial charge in [0.15, 0.2) is 0 Å². The molecule has 2 aromatic rings. The molecule has 2 amide bonds. The van der Waals surface area contributed by atoms with Gasteiger partial charge in [-0.05, 0) is 49.9 Å². The van der Waals surface area contributed by atoms with Crippen LogP contribution in [0.5, 0.6) is 0 Å². The summed E-state index contributed by atoms with van der Waals surface area (Å²) in [5, 5.41) is 7.18. The number of hydrogen-bond donors (Lipinski definition) is 2. The predicted octanol–water partition coefficient (Wildman–Crippen LogP) is 4.39. The van der Waals surface area contributed by atoms with Crippen molar-refractivity contribution in [2.45, 2.75) is 56.8 Å². The van der Waals surface area contributed by atoms with E-state index >= 15 is 0 Å². The van der Waals surface area contributed by atoms with Crippen molar-refractivity contribution in [1.82, 2.24) is 15.2 Å². The molecule has 1 aromatic carbocycles. The standard InChI is InChI=1S/C24H28ClF3N4O3/c25-15-1-6-19-18(13-15)20(14-21(31-19)24(26,27)28)29-16-2-4-17(5-3-16)30-22(33)7-8-23(34)32-9-11-35-12-10-32/h1,6,13-14,16-17H,2-5,7-12H2,(H,29,31)(H,30,33)/t16-,17+. The number of fused-ring (bicyclic) bond motifs is 1. The number of halogens is 4. The van der Waals surface area contributed by atoms with Gasteiger partial charge >= 0.3 is 6.18 Å². The number of hydrogen-bond acceptors (Lipinski definition) is 5. The molecule has 1 aliphatic heterocycles. The Hall–Kier alpha value is -2.59. The fourth-order valence-corrected chi connectivity index (χ4v) is 4.73. The maximum Gasteiger partial charge on any atom is 0.433 e. The molecule has 2 fully saturated rings. The highest BCUT2D eigenvalue weighted by atomic mass is 35.5. The van der Waals surface area contributed by atoms with Crippen molar-refractivity contribution in [1.29, 1.82) is 0 Å². The number of carbonyl (C=O) groups is 2. The van der Waals surface area contributed by atoms with Crippen LogP contribution in [0.2, 0.25) is 5.02 Å². The number of rotatable bonds is 6. The van der Waals surface area contributed by atoms with Crippen LogP contribution in [0, 0.1) is 0 Å². The van der Waals surface area contributed by atoms with E-state index in [1.165, 1.54) is 12.1 Å². The number of nitrogens with zero attached hydrogens (tertiary/aromatic N) is 2. The number of anilines is 1. The van der Waals surface area contributed by atoms with Gasteiger partial charge in [-0.2, -0.15) is 13.2 Å². The molecule has 2 N–H and O–H groups in total. The van der Waals surface area contributed by atoms with E-state index in [2.05, 4.69) is 15.6 Å². The Labute approximate surface area is 206 Å². The molecule has 0 radical (unpaired) electrons. The molecule has 190 valence electrons. The second-order valence-corrected chi connectivity index (χ2v) is 9.40. The molecule has 4 rings (SSSR count). The third kappa shape index (κ3) is 6.76. The van der Waals surface area contributed by atoms with E-state index in [-0.39, 0.29) is 42.3 Å². The summed E-state index contributed by atoms with van der Waals surface area (Å²) >= 11 is 6.07.